The van der Waals surface area contributed by atoms with Gasteiger partial charge in [-0.05, 0) is 37.9 Å². The number of hydrogen-bond donors (Lipinski definition) is 2. The molecule has 0 atom stereocenters. The van der Waals surface area contributed by atoms with Gasteiger partial charge in [0.05, 0.1) is 11.6 Å². The van der Waals surface area contributed by atoms with E-state index < -0.39 is 0 Å². The molecule has 0 saturated heterocycles. The Morgan fingerprint density at radius 3 is 2.50 bits per heavy atom. The zero-order valence-electron chi connectivity index (χ0n) is 16.6. The largest absolute Gasteiger partial charge is 0.492 e. The number of halogens is 3. The first kappa shape index (κ1) is 24.9. The molecule has 1 aromatic heterocycles. The van der Waals surface area contributed by atoms with E-state index in [1.54, 1.807) is 7.05 Å². The number of nitrogens with zero attached hydrogens (tertiary/aromatic N) is 3. The van der Waals surface area contributed by atoms with E-state index in [2.05, 4.69) is 26.6 Å². The van der Waals surface area contributed by atoms with Crippen LogP contribution < -0.4 is 15.4 Å². The Balaban J connectivity index is 0.00000392. The van der Waals surface area contributed by atoms with Crippen molar-refractivity contribution in [2.75, 3.05) is 34.3 Å². The molecule has 2 aromatic rings. The van der Waals surface area contributed by atoms with Crippen molar-refractivity contribution in [2.24, 2.45) is 12.0 Å². The smallest absolute Gasteiger partial charge is 0.191 e. The molecule has 0 unspecified atom stereocenters. The van der Waals surface area contributed by atoms with Gasteiger partial charge in [0, 0.05) is 32.9 Å². The third-order valence-electron chi connectivity index (χ3n) is 4.04. The first-order valence-electron chi connectivity index (χ1n) is 8.71. The van der Waals surface area contributed by atoms with Crippen LogP contribution in [0.5, 0.6) is 5.75 Å². The normalized spacial score (nSPS) is 11.3. The van der Waals surface area contributed by atoms with Gasteiger partial charge in [0.2, 0.25) is 0 Å². The molecule has 2 rings (SSSR count). The fourth-order valence-corrected chi connectivity index (χ4v) is 2.85. The molecule has 0 radical (unpaired) electrons. The highest BCUT2D eigenvalue weighted by atomic mass is 127. The maximum Gasteiger partial charge on any atom is 0.191 e. The molecular formula is C19H28Cl2IN5O. The standard InChI is InChI=1S/C19H27Cl2N5O.HI/c1-22-19(24-13-15-11-17(20)18(21)26(15)4)23-12-14-6-5-7-16(10-14)27-9-8-25(2)3;/h5-7,10-11H,8-9,12-13H2,1-4H3,(H2,22,23,24);1H. The van der Waals surface area contributed by atoms with E-state index in [1.165, 1.54) is 0 Å². The highest BCUT2D eigenvalue weighted by Gasteiger charge is 2.09. The van der Waals surface area contributed by atoms with Crippen molar-refractivity contribution < 1.29 is 4.74 Å². The van der Waals surface area contributed by atoms with Gasteiger partial charge < -0.3 is 24.8 Å². The summed E-state index contributed by atoms with van der Waals surface area (Å²) in [6.07, 6.45) is 0. The van der Waals surface area contributed by atoms with E-state index >= 15 is 0 Å². The average molecular weight is 540 g/mol. The average Bonchev–Trinajstić information content (AvgIpc) is 2.89. The van der Waals surface area contributed by atoms with Crippen LogP contribution in [0, 0.1) is 0 Å². The van der Waals surface area contributed by atoms with Crippen molar-refractivity contribution in [2.45, 2.75) is 13.1 Å². The van der Waals surface area contributed by atoms with Crippen LogP contribution >= 0.6 is 47.2 Å². The maximum absolute atomic E-state index is 6.10. The predicted octanol–water partition coefficient (Wildman–Crippen LogP) is 3.76. The van der Waals surface area contributed by atoms with Gasteiger partial charge in [-0.3, -0.25) is 4.99 Å². The van der Waals surface area contributed by atoms with Crippen LogP contribution in [0.2, 0.25) is 10.2 Å². The van der Waals surface area contributed by atoms with E-state index in [0.29, 0.717) is 35.8 Å². The third kappa shape index (κ3) is 7.69. The predicted molar refractivity (Wildman–Crippen MR) is 128 cm³/mol. The zero-order valence-corrected chi connectivity index (χ0v) is 20.5. The number of likely N-dealkylation sites (N-methyl/N-ethyl adjacent to an activating group) is 1. The number of benzene rings is 1. The molecule has 0 amide bonds. The SMILES string of the molecule is CN=C(NCc1cccc(OCCN(C)C)c1)NCc1cc(Cl)c(Cl)n1C.I. The van der Waals surface area contributed by atoms with Gasteiger partial charge >= 0.3 is 0 Å². The van der Waals surface area contributed by atoms with Crippen molar-refractivity contribution >= 4 is 53.1 Å². The van der Waals surface area contributed by atoms with Crippen molar-refractivity contribution in [1.29, 1.82) is 0 Å². The third-order valence-corrected chi connectivity index (χ3v) is 4.88. The fourth-order valence-electron chi connectivity index (χ4n) is 2.43. The Bertz CT molecular complexity index is 780. The van der Waals surface area contributed by atoms with Gasteiger partial charge in [-0.15, -0.1) is 24.0 Å². The van der Waals surface area contributed by atoms with Gasteiger partial charge in [0.25, 0.3) is 0 Å². The Kier molecular flexibility index (Phi) is 11.0. The number of rotatable bonds is 8. The summed E-state index contributed by atoms with van der Waals surface area (Å²) in [6, 6.07) is 9.89. The van der Waals surface area contributed by atoms with Crippen molar-refractivity contribution in [3.63, 3.8) is 0 Å². The highest BCUT2D eigenvalue weighted by molar-refractivity contribution is 14.0. The molecule has 0 saturated carbocycles. The number of aromatic nitrogens is 1. The summed E-state index contributed by atoms with van der Waals surface area (Å²) in [5.74, 6) is 1.56. The van der Waals surface area contributed by atoms with E-state index in [-0.39, 0.29) is 24.0 Å². The van der Waals surface area contributed by atoms with Crippen LogP contribution in [-0.4, -0.2) is 49.7 Å². The first-order chi connectivity index (χ1) is 12.9. The second-order valence-electron chi connectivity index (χ2n) is 6.41. The van der Waals surface area contributed by atoms with Gasteiger partial charge in [0.15, 0.2) is 5.96 Å². The molecule has 0 fully saturated rings. The number of guanidine groups is 1. The fraction of sp³-hybridized carbons (Fsp3) is 0.421. The molecule has 2 N–H and O–H groups in total. The van der Waals surface area contributed by atoms with Crippen LogP contribution in [0.1, 0.15) is 11.3 Å². The molecule has 1 aromatic carbocycles. The summed E-state index contributed by atoms with van der Waals surface area (Å²) in [5.41, 5.74) is 2.09. The molecule has 1 heterocycles. The number of aliphatic imine (C=N–C) groups is 1. The topological polar surface area (TPSA) is 53.8 Å². The molecule has 156 valence electrons. The Labute approximate surface area is 194 Å². The van der Waals surface area contributed by atoms with Crippen LogP contribution in [0.4, 0.5) is 0 Å². The minimum atomic E-state index is 0. The molecule has 6 nitrogen and oxygen atoms in total. The molecule has 0 aliphatic rings. The molecule has 0 bridgehead atoms. The lowest BCUT2D eigenvalue weighted by Crippen LogP contribution is -2.36. The van der Waals surface area contributed by atoms with Gasteiger partial charge in [-0.25, -0.2) is 0 Å². The number of nitrogens with one attached hydrogen (secondary N) is 2. The van der Waals surface area contributed by atoms with E-state index in [9.17, 15) is 0 Å². The monoisotopic (exact) mass is 539 g/mol. The molecule has 0 spiro atoms. The Morgan fingerprint density at radius 2 is 1.89 bits per heavy atom. The lowest BCUT2D eigenvalue weighted by molar-refractivity contribution is 0.261. The Hall–Kier alpha value is -1.16. The summed E-state index contributed by atoms with van der Waals surface area (Å²) in [6.45, 7) is 2.75. The summed E-state index contributed by atoms with van der Waals surface area (Å²) in [5, 5.41) is 7.64. The van der Waals surface area contributed by atoms with Gasteiger partial charge in [0.1, 0.15) is 17.5 Å². The summed E-state index contributed by atoms with van der Waals surface area (Å²) >= 11 is 12.2. The van der Waals surface area contributed by atoms with Crippen molar-refractivity contribution in [3.05, 3.63) is 51.8 Å². The zero-order chi connectivity index (χ0) is 19.8. The van der Waals surface area contributed by atoms with E-state index in [4.69, 9.17) is 27.9 Å². The van der Waals surface area contributed by atoms with Crippen LogP contribution in [0.3, 0.4) is 0 Å². The van der Waals surface area contributed by atoms with Gasteiger partial charge in [-0.1, -0.05) is 35.3 Å². The molecule has 28 heavy (non-hydrogen) atoms. The molecule has 0 aliphatic carbocycles. The van der Waals surface area contributed by atoms with Gasteiger partial charge in [-0.2, -0.15) is 0 Å². The summed E-state index contributed by atoms with van der Waals surface area (Å²) in [7, 11) is 7.67. The lowest BCUT2D eigenvalue weighted by Gasteiger charge is -2.14. The quantitative estimate of drug-likeness (QED) is 0.305. The number of ether oxygens (including phenoxy) is 1. The minimum Gasteiger partial charge on any atom is -0.492 e. The molecular weight excluding hydrogens is 512 g/mol. The summed E-state index contributed by atoms with van der Waals surface area (Å²) in [4.78, 5) is 6.34. The second-order valence-corrected chi connectivity index (χ2v) is 7.18. The molecule has 0 aliphatic heterocycles. The van der Waals surface area contributed by atoms with E-state index in [1.807, 2.05) is 50.0 Å². The van der Waals surface area contributed by atoms with Crippen molar-refractivity contribution in [1.82, 2.24) is 20.1 Å². The van der Waals surface area contributed by atoms with Crippen LogP contribution in [-0.2, 0) is 20.1 Å². The number of hydrogen-bond acceptors (Lipinski definition) is 3. The lowest BCUT2D eigenvalue weighted by atomic mass is 10.2. The minimum absolute atomic E-state index is 0. The Morgan fingerprint density at radius 1 is 1.18 bits per heavy atom. The van der Waals surface area contributed by atoms with Crippen LogP contribution in [0.25, 0.3) is 0 Å². The van der Waals surface area contributed by atoms with Crippen molar-refractivity contribution in [3.8, 4) is 5.75 Å². The van der Waals surface area contributed by atoms with E-state index in [0.717, 1.165) is 23.6 Å². The van der Waals surface area contributed by atoms with Crippen LogP contribution in [0.15, 0.2) is 35.3 Å². The second kappa shape index (κ2) is 12.4. The maximum atomic E-state index is 6.10. The first-order valence-corrected chi connectivity index (χ1v) is 9.47. The highest BCUT2D eigenvalue weighted by Crippen LogP contribution is 2.24. The molecule has 9 heteroatoms. The summed E-state index contributed by atoms with van der Waals surface area (Å²) < 4.78 is 7.63.